The first-order valence-electron chi connectivity index (χ1n) is 11.4. The number of fused-ring (bicyclic) bond motifs is 1. The zero-order valence-corrected chi connectivity index (χ0v) is 20.0. The molecule has 34 heavy (non-hydrogen) atoms. The molecule has 1 aromatic heterocycles. The molecule has 2 aliphatic heterocycles. The summed E-state index contributed by atoms with van der Waals surface area (Å²) in [4.78, 5) is 33.9. The van der Waals surface area contributed by atoms with Crippen LogP contribution in [0, 0.1) is 5.92 Å². The topological polar surface area (TPSA) is 81.2 Å². The SMILES string of the molecule is COc1cccc(N2CC(C(=O)N3CCC(Oc4nc5cc(OC)ccc5s4)CC3)CC2=O)c1. The third kappa shape index (κ3) is 4.52. The van der Waals surface area contributed by atoms with Crippen LogP contribution >= 0.6 is 11.3 Å². The highest BCUT2D eigenvalue weighted by Crippen LogP contribution is 2.33. The van der Waals surface area contributed by atoms with Gasteiger partial charge in [0.2, 0.25) is 11.8 Å². The van der Waals surface area contributed by atoms with Crippen molar-refractivity contribution in [2.24, 2.45) is 5.92 Å². The van der Waals surface area contributed by atoms with E-state index in [0.29, 0.717) is 30.6 Å². The second-order valence-corrected chi connectivity index (χ2v) is 9.56. The van der Waals surface area contributed by atoms with Crippen LogP contribution in [0.15, 0.2) is 42.5 Å². The van der Waals surface area contributed by atoms with Gasteiger partial charge in [0.05, 0.1) is 30.4 Å². The fraction of sp³-hybridized carbons (Fsp3) is 0.400. The number of likely N-dealkylation sites (tertiary alicyclic amines) is 1. The van der Waals surface area contributed by atoms with E-state index in [1.54, 1.807) is 19.1 Å². The van der Waals surface area contributed by atoms with E-state index >= 15 is 0 Å². The van der Waals surface area contributed by atoms with Gasteiger partial charge >= 0.3 is 0 Å². The molecule has 2 aliphatic rings. The van der Waals surface area contributed by atoms with Crippen molar-refractivity contribution in [3.8, 4) is 16.7 Å². The summed E-state index contributed by atoms with van der Waals surface area (Å²) in [5.41, 5.74) is 1.62. The average Bonchev–Trinajstić information content (AvgIpc) is 3.46. The molecule has 3 aromatic rings. The minimum absolute atomic E-state index is 0.0185. The number of thiazole rings is 1. The van der Waals surface area contributed by atoms with Crippen molar-refractivity contribution >= 4 is 39.1 Å². The predicted octanol–water partition coefficient (Wildman–Crippen LogP) is 3.74. The van der Waals surface area contributed by atoms with Gasteiger partial charge in [0.25, 0.3) is 5.19 Å². The minimum atomic E-state index is -0.324. The number of carbonyl (C=O) groups is 2. The van der Waals surface area contributed by atoms with Gasteiger partial charge in [-0.3, -0.25) is 9.59 Å². The molecule has 3 heterocycles. The van der Waals surface area contributed by atoms with Gasteiger partial charge in [-0.15, -0.1) is 0 Å². The molecule has 0 saturated carbocycles. The molecular formula is C25H27N3O5S. The maximum Gasteiger partial charge on any atom is 0.274 e. The number of amides is 2. The van der Waals surface area contributed by atoms with E-state index in [2.05, 4.69) is 4.98 Å². The fourth-order valence-electron chi connectivity index (χ4n) is 4.56. The number of nitrogens with zero attached hydrogens (tertiary/aromatic N) is 3. The molecule has 0 N–H and O–H groups in total. The molecule has 0 bridgehead atoms. The van der Waals surface area contributed by atoms with Crippen LogP contribution in [0.3, 0.4) is 0 Å². The van der Waals surface area contributed by atoms with Crippen LogP contribution in [0.1, 0.15) is 19.3 Å². The van der Waals surface area contributed by atoms with Crippen molar-refractivity contribution in [1.82, 2.24) is 9.88 Å². The van der Waals surface area contributed by atoms with Crippen molar-refractivity contribution in [2.45, 2.75) is 25.4 Å². The molecule has 2 aromatic carbocycles. The second kappa shape index (κ2) is 9.50. The fourth-order valence-corrected chi connectivity index (χ4v) is 5.42. The number of aromatic nitrogens is 1. The summed E-state index contributed by atoms with van der Waals surface area (Å²) in [5, 5.41) is 0.642. The van der Waals surface area contributed by atoms with E-state index in [-0.39, 0.29) is 30.3 Å². The number of carbonyl (C=O) groups excluding carboxylic acids is 2. The van der Waals surface area contributed by atoms with Crippen LogP contribution in [0.2, 0.25) is 0 Å². The number of benzene rings is 2. The summed E-state index contributed by atoms with van der Waals surface area (Å²) >= 11 is 1.52. The Morgan fingerprint density at radius 1 is 1.06 bits per heavy atom. The number of anilines is 1. The third-order valence-electron chi connectivity index (χ3n) is 6.44. The summed E-state index contributed by atoms with van der Waals surface area (Å²) in [6, 6.07) is 13.2. The van der Waals surface area contributed by atoms with Gasteiger partial charge in [-0.1, -0.05) is 17.4 Å². The van der Waals surface area contributed by atoms with Crippen LogP contribution in [0.25, 0.3) is 10.2 Å². The Hall–Kier alpha value is -3.33. The Morgan fingerprint density at radius 2 is 1.82 bits per heavy atom. The molecule has 1 unspecified atom stereocenters. The summed E-state index contributed by atoms with van der Waals surface area (Å²) in [5.74, 6) is 1.15. The van der Waals surface area contributed by atoms with Crippen LogP contribution in [-0.4, -0.2) is 61.7 Å². The first kappa shape index (κ1) is 22.5. The molecule has 0 aliphatic carbocycles. The molecular weight excluding hydrogens is 454 g/mol. The normalized spacial score (nSPS) is 19.0. The molecule has 2 fully saturated rings. The number of methoxy groups -OCH3 is 2. The molecule has 2 saturated heterocycles. The van der Waals surface area contributed by atoms with Gasteiger partial charge in [-0.25, -0.2) is 4.98 Å². The lowest BCUT2D eigenvalue weighted by Crippen LogP contribution is -2.44. The van der Waals surface area contributed by atoms with Crippen molar-refractivity contribution in [2.75, 3.05) is 38.8 Å². The summed E-state index contributed by atoms with van der Waals surface area (Å²) < 4.78 is 17.7. The van der Waals surface area contributed by atoms with Crippen LogP contribution in [-0.2, 0) is 9.59 Å². The molecule has 1 atom stereocenters. The highest BCUT2D eigenvalue weighted by Gasteiger charge is 2.38. The largest absolute Gasteiger partial charge is 0.497 e. The van der Waals surface area contributed by atoms with Crippen LogP contribution in [0.4, 0.5) is 5.69 Å². The zero-order valence-electron chi connectivity index (χ0n) is 19.2. The van der Waals surface area contributed by atoms with Gasteiger partial charge < -0.3 is 24.0 Å². The Bertz CT molecular complexity index is 1200. The molecule has 9 heteroatoms. The first-order valence-corrected chi connectivity index (χ1v) is 12.2. The van der Waals surface area contributed by atoms with Crippen molar-refractivity contribution in [3.63, 3.8) is 0 Å². The summed E-state index contributed by atoms with van der Waals surface area (Å²) in [7, 11) is 3.23. The minimum Gasteiger partial charge on any atom is -0.497 e. The average molecular weight is 482 g/mol. The Kier molecular flexibility index (Phi) is 6.28. The monoisotopic (exact) mass is 481 g/mol. The third-order valence-corrected chi connectivity index (χ3v) is 7.36. The molecule has 178 valence electrons. The maximum absolute atomic E-state index is 13.1. The predicted molar refractivity (Wildman–Crippen MR) is 130 cm³/mol. The second-order valence-electron chi connectivity index (χ2n) is 8.56. The Balaban J connectivity index is 1.16. The van der Waals surface area contributed by atoms with Crippen molar-refractivity contribution in [3.05, 3.63) is 42.5 Å². The van der Waals surface area contributed by atoms with Gasteiger partial charge in [-0.05, 0) is 24.3 Å². The first-order chi connectivity index (χ1) is 16.5. The lowest BCUT2D eigenvalue weighted by atomic mass is 10.0. The molecule has 2 amide bonds. The van der Waals surface area contributed by atoms with Gasteiger partial charge in [-0.2, -0.15) is 0 Å². The number of hydrogen-bond donors (Lipinski definition) is 0. The van der Waals surface area contributed by atoms with Gasteiger partial charge in [0.15, 0.2) is 0 Å². The number of piperidine rings is 1. The zero-order chi connectivity index (χ0) is 23.7. The Labute approximate surface area is 202 Å². The van der Waals surface area contributed by atoms with E-state index in [9.17, 15) is 9.59 Å². The maximum atomic E-state index is 13.1. The molecule has 5 rings (SSSR count). The van der Waals surface area contributed by atoms with Crippen LogP contribution < -0.4 is 19.1 Å². The van der Waals surface area contributed by atoms with E-state index in [1.807, 2.05) is 47.4 Å². The number of hydrogen-bond acceptors (Lipinski definition) is 7. The van der Waals surface area contributed by atoms with Crippen molar-refractivity contribution < 1.29 is 23.8 Å². The van der Waals surface area contributed by atoms with E-state index in [4.69, 9.17) is 14.2 Å². The van der Waals surface area contributed by atoms with Crippen molar-refractivity contribution in [1.29, 1.82) is 0 Å². The summed E-state index contributed by atoms with van der Waals surface area (Å²) in [6.45, 7) is 1.63. The van der Waals surface area contributed by atoms with E-state index in [1.165, 1.54) is 11.3 Å². The highest BCUT2D eigenvalue weighted by molar-refractivity contribution is 7.20. The number of ether oxygens (including phenoxy) is 3. The molecule has 0 spiro atoms. The summed E-state index contributed by atoms with van der Waals surface area (Å²) in [6.07, 6.45) is 1.74. The quantitative estimate of drug-likeness (QED) is 0.534. The lowest BCUT2D eigenvalue weighted by Gasteiger charge is -2.33. The lowest BCUT2D eigenvalue weighted by molar-refractivity contribution is -0.137. The smallest absolute Gasteiger partial charge is 0.274 e. The standard InChI is InChI=1S/C25H27N3O5S/c1-31-19-5-3-4-17(13-19)28-15-16(12-23(28)29)24(30)27-10-8-18(9-11-27)33-25-26-21-14-20(32-2)6-7-22(21)34-25/h3-7,13-14,16,18H,8-12,15H2,1-2H3. The van der Waals surface area contributed by atoms with E-state index in [0.717, 1.165) is 34.5 Å². The van der Waals surface area contributed by atoms with Crippen LogP contribution in [0.5, 0.6) is 16.7 Å². The van der Waals surface area contributed by atoms with E-state index < -0.39 is 0 Å². The Morgan fingerprint density at radius 3 is 2.59 bits per heavy atom. The number of rotatable bonds is 6. The molecule has 0 radical (unpaired) electrons. The van der Waals surface area contributed by atoms with Gasteiger partial charge in [0, 0.05) is 56.7 Å². The molecule has 8 nitrogen and oxygen atoms in total. The highest BCUT2D eigenvalue weighted by atomic mass is 32.1. The van der Waals surface area contributed by atoms with Gasteiger partial charge in [0.1, 0.15) is 17.6 Å².